The van der Waals surface area contributed by atoms with Gasteiger partial charge in [0, 0.05) is 0 Å². The van der Waals surface area contributed by atoms with Crippen LogP contribution in [0.3, 0.4) is 0 Å². The topological polar surface area (TPSA) is 55.8 Å². The van der Waals surface area contributed by atoms with Crippen molar-refractivity contribution in [1.82, 2.24) is 0 Å². The van der Waals surface area contributed by atoms with E-state index in [-0.39, 0.29) is 11.3 Å². The van der Waals surface area contributed by atoms with Crippen molar-refractivity contribution in [3.63, 3.8) is 0 Å². The second-order valence-corrected chi connectivity index (χ2v) is 4.45. The van der Waals surface area contributed by atoms with Gasteiger partial charge in [0.25, 0.3) is 0 Å². The van der Waals surface area contributed by atoms with Crippen molar-refractivity contribution in [2.45, 2.75) is 25.9 Å². The van der Waals surface area contributed by atoms with E-state index in [0.29, 0.717) is 6.42 Å². The molecule has 19 heavy (non-hydrogen) atoms. The minimum atomic E-state index is -1.71. The maximum Gasteiger partial charge on any atom is 0.311 e. The summed E-state index contributed by atoms with van der Waals surface area (Å²) in [6, 6.07) is 4.24. The van der Waals surface area contributed by atoms with Gasteiger partial charge in [-0.3, -0.25) is 4.79 Å². The summed E-state index contributed by atoms with van der Waals surface area (Å²) in [5.41, 5.74) is -1.74. The van der Waals surface area contributed by atoms with Crippen molar-refractivity contribution in [3.05, 3.63) is 29.6 Å². The minimum Gasteiger partial charge on any atom is -0.496 e. The molecule has 0 spiro atoms. The van der Waals surface area contributed by atoms with Gasteiger partial charge in [0.2, 0.25) is 0 Å². The second-order valence-electron chi connectivity index (χ2n) is 4.45. The van der Waals surface area contributed by atoms with Crippen LogP contribution in [-0.4, -0.2) is 25.3 Å². The summed E-state index contributed by atoms with van der Waals surface area (Å²) in [4.78, 5) is 11.7. The van der Waals surface area contributed by atoms with Gasteiger partial charge in [-0.2, -0.15) is 0 Å². The first-order valence-electron chi connectivity index (χ1n) is 6.03. The Bertz CT molecular complexity index is 457. The molecule has 0 saturated heterocycles. The Labute approximate surface area is 112 Å². The van der Waals surface area contributed by atoms with E-state index in [4.69, 9.17) is 4.74 Å². The predicted molar refractivity (Wildman–Crippen MR) is 68.3 cm³/mol. The van der Waals surface area contributed by atoms with Gasteiger partial charge in [-0.25, -0.2) is 4.39 Å². The summed E-state index contributed by atoms with van der Waals surface area (Å²) in [7, 11) is 2.62. The van der Waals surface area contributed by atoms with Gasteiger partial charge in [-0.05, 0) is 25.5 Å². The van der Waals surface area contributed by atoms with Gasteiger partial charge >= 0.3 is 5.97 Å². The predicted octanol–water partition coefficient (Wildman–Crippen LogP) is 2.24. The number of carbonyl (C=O) groups is 1. The van der Waals surface area contributed by atoms with Gasteiger partial charge in [0.1, 0.15) is 17.2 Å². The fourth-order valence-corrected chi connectivity index (χ4v) is 2.28. The SMILES string of the molecule is CCC(C(=O)OC)C(C)(O)c1c(F)cccc1OC. The molecule has 1 N–H and O–H groups in total. The van der Waals surface area contributed by atoms with Crippen LogP contribution in [0, 0.1) is 11.7 Å². The van der Waals surface area contributed by atoms with E-state index in [1.165, 1.54) is 39.3 Å². The van der Waals surface area contributed by atoms with Crippen molar-refractivity contribution in [1.29, 1.82) is 0 Å². The number of hydrogen-bond donors (Lipinski definition) is 1. The Balaban J connectivity index is 3.36. The van der Waals surface area contributed by atoms with Crippen LogP contribution in [0.5, 0.6) is 5.75 Å². The highest BCUT2D eigenvalue weighted by molar-refractivity contribution is 5.74. The molecule has 1 rings (SSSR count). The lowest BCUT2D eigenvalue weighted by molar-refractivity contribution is -0.156. The third-order valence-corrected chi connectivity index (χ3v) is 3.27. The summed E-state index contributed by atoms with van der Waals surface area (Å²) in [5, 5.41) is 10.6. The lowest BCUT2D eigenvalue weighted by Gasteiger charge is -2.32. The lowest BCUT2D eigenvalue weighted by Crippen LogP contribution is -2.38. The molecule has 0 saturated carbocycles. The average Bonchev–Trinajstić information content (AvgIpc) is 2.38. The first-order chi connectivity index (χ1) is 8.89. The fraction of sp³-hybridized carbons (Fsp3) is 0.500. The number of rotatable bonds is 5. The zero-order valence-electron chi connectivity index (χ0n) is 11.6. The number of ether oxygens (including phenoxy) is 2. The summed E-state index contributed by atoms with van der Waals surface area (Å²) in [6.45, 7) is 3.11. The number of hydrogen-bond acceptors (Lipinski definition) is 4. The molecule has 1 aromatic rings. The van der Waals surface area contributed by atoms with Crippen LogP contribution in [0.25, 0.3) is 0 Å². The van der Waals surface area contributed by atoms with E-state index >= 15 is 0 Å². The highest BCUT2D eigenvalue weighted by Crippen LogP contribution is 2.39. The molecular formula is C14H19FO4. The molecule has 2 unspecified atom stereocenters. The molecule has 0 fully saturated rings. The van der Waals surface area contributed by atoms with Gasteiger partial charge in [-0.1, -0.05) is 13.0 Å². The van der Waals surface area contributed by atoms with E-state index < -0.39 is 23.3 Å². The summed E-state index contributed by atoms with van der Waals surface area (Å²) < 4.78 is 23.7. The van der Waals surface area contributed by atoms with Crippen LogP contribution >= 0.6 is 0 Å². The van der Waals surface area contributed by atoms with E-state index in [9.17, 15) is 14.3 Å². The third-order valence-electron chi connectivity index (χ3n) is 3.27. The van der Waals surface area contributed by atoms with Crippen molar-refractivity contribution in [3.8, 4) is 5.75 Å². The maximum absolute atomic E-state index is 14.0. The highest BCUT2D eigenvalue weighted by Gasteiger charge is 2.42. The summed E-state index contributed by atoms with van der Waals surface area (Å²) in [5.74, 6) is -1.87. The molecule has 0 amide bonds. The molecule has 2 atom stereocenters. The van der Waals surface area contributed by atoms with Crippen LogP contribution in [0.1, 0.15) is 25.8 Å². The Kier molecular flexibility index (Phi) is 4.89. The van der Waals surface area contributed by atoms with E-state index in [1.807, 2.05) is 0 Å². The van der Waals surface area contributed by atoms with Crippen molar-refractivity contribution < 1.29 is 23.8 Å². The number of methoxy groups -OCH3 is 2. The molecule has 0 aliphatic carbocycles. The standard InChI is InChI=1S/C14H19FO4/c1-5-9(13(16)19-4)14(2,17)12-10(15)7-6-8-11(12)18-3/h6-9,17H,5H2,1-4H3. The van der Waals surface area contributed by atoms with Crippen LogP contribution < -0.4 is 4.74 Å². The zero-order valence-corrected chi connectivity index (χ0v) is 11.6. The smallest absolute Gasteiger partial charge is 0.311 e. The molecule has 0 heterocycles. The number of esters is 1. The largest absolute Gasteiger partial charge is 0.496 e. The van der Waals surface area contributed by atoms with Crippen LogP contribution in [0.4, 0.5) is 4.39 Å². The first-order valence-corrected chi connectivity index (χ1v) is 6.03. The maximum atomic E-state index is 14.0. The van der Waals surface area contributed by atoms with E-state index in [0.717, 1.165) is 0 Å². The molecule has 0 radical (unpaired) electrons. The van der Waals surface area contributed by atoms with Gasteiger partial charge in [-0.15, -0.1) is 0 Å². The van der Waals surface area contributed by atoms with Crippen LogP contribution in [-0.2, 0) is 15.1 Å². The minimum absolute atomic E-state index is 0.0326. The first kappa shape index (κ1) is 15.4. The molecular weight excluding hydrogens is 251 g/mol. The third kappa shape index (κ3) is 2.87. The van der Waals surface area contributed by atoms with E-state index in [2.05, 4.69) is 4.74 Å². The number of carbonyl (C=O) groups excluding carboxylic acids is 1. The Morgan fingerprint density at radius 1 is 1.47 bits per heavy atom. The summed E-state index contributed by atoms with van der Waals surface area (Å²) in [6.07, 6.45) is 0.317. The quantitative estimate of drug-likeness (QED) is 0.834. The molecule has 5 heteroatoms. The second kappa shape index (κ2) is 6.02. The molecule has 4 nitrogen and oxygen atoms in total. The van der Waals surface area contributed by atoms with Crippen LogP contribution in [0.15, 0.2) is 18.2 Å². The fourth-order valence-electron chi connectivity index (χ4n) is 2.28. The Morgan fingerprint density at radius 3 is 2.58 bits per heavy atom. The lowest BCUT2D eigenvalue weighted by atomic mass is 9.80. The molecule has 106 valence electrons. The monoisotopic (exact) mass is 270 g/mol. The zero-order chi connectivity index (χ0) is 14.6. The van der Waals surface area contributed by atoms with Gasteiger partial charge in [0.05, 0.1) is 25.7 Å². The van der Waals surface area contributed by atoms with Crippen LogP contribution in [0.2, 0.25) is 0 Å². The van der Waals surface area contributed by atoms with Crippen molar-refractivity contribution >= 4 is 5.97 Å². The number of aliphatic hydroxyl groups is 1. The Hall–Kier alpha value is -1.62. The van der Waals surface area contributed by atoms with Crippen molar-refractivity contribution in [2.24, 2.45) is 5.92 Å². The normalized spacial score (nSPS) is 15.5. The molecule has 0 aliphatic heterocycles. The number of halogens is 1. The molecule has 0 aromatic heterocycles. The van der Waals surface area contributed by atoms with Gasteiger partial charge in [0.15, 0.2) is 0 Å². The number of benzene rings is 1. The summed E-state index contributed by atoms with van der Waals surface area (Å²) >= 11 is 0. The highest BCUT2D eigenvalue weighted by atomic mass is 19.1. The van der Waals surface area contributed by atoms with Crippen molar-refractivity contribution in [2.75, 3.05) is 14.2 Å². The molecule has 0 aliphatic rings. The van der Waals surface area contributed by atoms with E-state index in [1.54, 1.807) is 6.92 Å². The molecule has 1 aromatic carbocycles. The average molecular weight is 270 g/mol. The molecule has 0 bridgehead atoms. The Morgan fingerprint density at radius 2 is 2.11 bits per heavy atom. The van der Waals surface area contributed by atoms with Gasteiger partial charge < -0.3 is 14.6 Å².